The predicted octanol–water partition coefficient (Wildman–Crippen LogP) is 2.00. The molecule has 0 radical (unpaired) electrons. The lowest BCUT2D eigenvalue weighted by Crippen LogP contribution is -2.48. The summed E-state index contributed by atoms with van der Waals surface area (Å²) < 4.78 is 11.2. The highest BCUT2D eigenvalue weighted by Gasteiger charge is 2.31. The molecule has 1 heterocycles. The fourth-order valence-electron chi connectivity index (χ4n) is 2.62. The van der Waals surface area contributed by atoms with Crippen LogP contribution in [0.25, 0.3) is 0 Å². The van der Waals surface area contributed by atoms with Gasteiger partial charge >= 0.3 is 5.97 Å². The van der Waals surface area contributed by atoms with Gasteiger partial charge in [0, 0.05) is 17.0 Å². The SMILES string of the molecule is COc1ccc(Br)c(CC(=O)NC(C(=O)O)C2CCCOC2)c1. The number of rotatable bonds is 6. The number of halogens is 1. The number of benzene rings is 1. The van der Waals surface area contributed by atoms with Crippen molar-refractivity contribution in [3.8, 4) is 5.75 Å². The second kappa shape index (κ2) is 8.31. The number of carbonyl (C=O) groups excluding carboxylic acids is 1. The summed E-state index contributed by atoms with van der Waals surface area (Å²) in [7, 11) is 1.55. The number of methoxy groups -OCH3 is 1. The lowest BCUT2D eigenvalue weighted by Gasteiger charge is -2.28. The molecule has 2 N–H and O–H groups in total. The number of aliphatic carboxylic acids is 1. The molecule has 1 aliphatic rings. The highest BCUT2D eigenvalue weighted by Crippen LogP contribution is 2.23. The van der Waals surface area contributed by atoms with Gasteiger partial charge in [-0.3, -0.25) is 4.79 Å². The maximum Gasteiger partial charge on any atom is 0.326 e. The number of ether oxygens (including phenoxy) is 2. The van der Waals surface area contributed by atoms with Crippen molar-refractivity contribution in [2.24, 2.45) is 5.92 Å². The van der Waals surface area contributed by atoms with Crippen LogP contribution in [0.2, 0.25) is 0 Å². The summed E-state index contributed by atoms with van der Waals surface area (Å²) in [6, 6.07) is 4.41. The van der Waals surface area contributed by atoms with Gasteiger partial charge in [-0.1, -0.05) is 15.9 Å². The van der Waals surface area contributed by atoms with Gasteiger partial charge in [-0.25, -0.2) is 4.79 Å². The van der Waals surface area contributed by atoms with E-state index >= 15 is 0 Å². The third-order valence-corrected chi connectivity index (χ3v) is 4.63. The molecule has 1 amide bonds. The lowest BCUT2D eigenvalue weighted by atomic mass is 9.93. The molecule has 6 nitrogen and oxygen atoms in total. The topological polar surface area (TPSA) is 84.9 Å². The van der Waals surface area contributed by atoms with Gasteiger partial charge in [-0.15, -0.1) is 0 Å². The molecule has 2 atom stereocenters. The molecule has 0 aliphatic carbocycles. The number of nitrogens with one attached hydrogen (secondary N) is 1. The molecular formula is C16H20BrNO5. The summed E-state index contributed by atoms with van der Waals surface area (Å²) >= 11 is 3.39. The maximum absolute atomic E-state index is 12.2. The van der Waals surface area contributed by atoms with Crippen molar-refractivity contribution in [1.29, 1.82) is 0 Å². The van der Waals surface area contributed by atoms with Gasteiger partial charge in [0.05, 0.1) is 20.1 Å². The fourth-order valence-corrected chi connectivity index (χ4v) is 3.01. The predicted molar refractivity (Wildman–Crippen MR) is 87.5 cm³/mol. The first kappa shape index (κ1) is 17.7. The second-order valence-electron chi connectivity index (χ2n) is 5.49. The highest BCUT2D eigenvalue weighted by atomic mass is 79.9. The van der Waals surface area contributed by atoms with E-state index in [4.69, 9.17) is 9.47 Å². The molecule has 0 saturated carbocycles. The number of hydrogen-bond acceptors (Lipinski definition) is 4. The van der Waals surface area contributed by atoms with Crippen LogP contribution in [-0.2, 0) is 20.7 Å². The summed E-state index contributed by atoms with van der Waals surface area (Å²) in [5.74, 6) is -0.916. The second-order valence-corrected chi connectivity index (χ2v) is 6.35. The van der Waals surface area contributed by atoms with Gasteiger partial charge < -0.3 is 19.9 Å². The largest absolute Gasteiger partial charge is 0.497 e. The Morgan fingerprint density at radius 3 is 2.91 bits per heavy atom. The van der Waals surface area contributed by atoms with Crippen LogP contribution in [0.3, 0.4) is 0 Å². The molecule has 1 aromatic rings. The minimum absolute atomic E-state index is 0.0785. The molecule has 1 aromatic carbocycles. The molecular weight excluding hydrogens is 366 g/mol. The normalized spacial score (nSPS) is 19.0. The summed E-state index contributed by atoms with van der Waals surface area (Å²) in [5.41, 5.74) is 0.742. The van der Waals surface area contributed by atoms with E-state index in [1.807, 2.05) is 0 Å². The number of carboxylic acid groups (broad SMARTS) is 1. The number of carbonyl (C=O) groups is 2. The Kier molecular flexibility index (Phi) is 6.41. The average Bonchev–Trinajstić information content (AvgIpc) is 2.55. The molecule has 23 heavy (non-hydrogen) atoms. The zero-order chi connectivity index (χ0) is 16.8. The van der Waals surface area contributed by atoms with Gasteiger partial charge in [0.25, 0.3) is 0 Å². The van der Waals surface area contributed by atoms with Crippen molar-refractivity contribution in [1.82, 2.24) is 5.32 Å². The van der Waals surface area contributed by atoms with Crippen LogP contribution < -0.4 is 10.1 Å². The third-order valence-electron chi connectivity index (χ3n) is 3.85. The Labute approximate surface area is 143 Å². The van der Waals surface area contributed by atoms with Crippen LogP contribution in [0, 0.1) is 5.92 Å². The van der Waals surface area contributed by atoms with Crippen molar-refractivity contribution < 1.29 is 24.2 Å². The first-order valence-electron chi connectivity index (χ1n) is 7.43. The monoisotopic (exact) mass is 385 g/mol. The first-order chi connectivity index (χ1) is 11.0. The fraction of sp³-hybridized carbons (Fsp3) is 0.500. The minimum atomic E-state index is -1.03. The van der Waals surface area contributed by atoms with E-state index in [2.05, 4.69) is 21.2 Å². The number of carboxylic acids is 1. The smallest absolute Gasteiger partial charge is 0.326 e. The Morgan fingerprint density at radius 1 is 1.52 bits per heavy atom. The zero-order valence-corrected chi connectivity index (χ0v) is 14.5. The standard InChI is InChI=1S/C16H20BrNO5/c1-22-12-4-5-13(17)11(7-12)8-14(19)18-15(16(20)21)10-3-2-6-23-9-10/h4-5,7,10,15H,2-3,6,8-9H2,1H3,(H,18,19)(H,20,21). The lowest BCUT2D eigenvalue weighted by molar-refractivity contribution is -0.145. The highest BCUT2D eigenvalue weighted by molar-refractivity contribution is 9.10. The Hall–Kier alpha value is -1.60. The Balaban J connectivity index is 2.03. The number of amides is 1. The van der Waals surface area contributed by atoms with Crippen LogP contribution in [0.5, 0.6) is 5.75 Å². The molecule has 0 bridgehead atoms. The Bertz CT molecular complexity index is 572. The van der Waals surface area contributed by atoms with Crippen LogP contribution in [0.1, 0.15) is 18.4 Å². The quantitative estimate of drug-likeness (QED) is 0.781. The van der Waals surface area contributed by atoms with Crippen LogP contribution in [-0.4, -0.2) is 43.3 Å². The van der Waals surface area contributed by atoms with Gasteiger partial charge in [-0.2, -0.15) is 0 Å². The molecule has 2 rings (SSSR count). The van der Waals surface area contributed by atoms with Crippen molar-refractivity contribution in [2.75, 3.05) is 20.3 Å². The van der Waals surface area contributed by atoms with Gasteiger partial charge in [0.2, 0.25) is 5.91 Å². The van der Waals surface area contributed by atoms with E-state index in [0.29, 0.717) is 19.0 Å². The maximum atomic E-state index is 12.2. The van der Waals surface area contributed by atoms with Crippen LogP contribution >= 0.6 is 15.9 Å². The molecule has 1 fully saturated rings. The molecule has 2 unspecified atom stereocenters. The molecule has 1 saturated heterocycles. The summed E-state index contributed by atoms with van der Waals surface area (Å²) in [5, 5.41) is 12.0. The minimum Gasteiger partial charge on any atom is -0.497 e. The van der Waals surface area contributed by atoms with E-state index in [9.17, 15) is 14.7 Å². The van der Waals surface area contributed by atoms with E-state index in [0.717, 1.165) is 22.9 Å². The van der Waals surface area contributed by atoms with Crippen molar-refractivity contribution in [3.05, 3.63) is 28.2 Å². The number of hydrogen-bond donors (Lipinski definition) is 2. The summed E-state index contributed by atoms with van der Waals surface area (Å²) in [4.78, 5) is 23.7. The summed E-state index contributed by atoms with van der Waals surface area (Å²) in [6.07, 6.45) is 1.63. The third kappa shape index (κ3) is 4.94. The van der Waals surface area contributed by atoms with Crippen LogP contribution in [0.15, 0.2) is 22.7 Å². The van der Waals surface area contributed by atoms with Gasteiger partial charge in [0.15, 0.2) is 0 Å². The van der Waals surface area contributed by atoms with Gasteiger partial charge in [0.1, 0.15) is 11.8 Å². The van der Waals surface area contributed by atoms with E-state index in [1.165, 1.54) is 0 Å². The molecule has 1 aliphatic heterocycles. The van der Waals surface area contributed by atoms with E-state index < -0.39 is 12.0 Å². The average molecular weight is 386 g/mol. The summed E-state index contributed by atoms with van der Waals surface area (Å²) in [6.45, 7) is 1.01. The zero-order valence-electron chi connectivity index (χ0n) is 12.9. The molecule has 7 heteroatoms. The van der Waals surface area contributed by atoms with Crippen LogP contribution in [0.4, 0.5) is 0 Å². The van der Waals surface area contributed by atoms with Crippen molar-refractivity contribution >= 4 is 27.8 Å². The van der Waals surface area contributed by atoms with Crippen molar-refractivity contribution in [3.63, 3.8) is 0 Å². The van der Waals surface area contributed by atoms with Crippen molar-refractivity contribution in [2.45, 2.75) is 25.3 Å². The van der Waals surface area contributed by atoms with E-state index in [1.54, 1.807) is 25.3 Å². The Morgan fingerprint density at radius 2 is 2.30 bits per heavy atom. The van der Waals surface area contributed by atoms with E-state index in [-0.39, 0.29) is 18.2 Å². The van der Waals surface area contributed by atoms with Gasteiger partial charge in [-0.05, 0) is 36.6 Å². The first-order valence-corrected chi connectivity index (χ1v) is 8.23. The molecule has 0 spiro atoms. The molecule has 0 aromatic heterocycles. The molecule has 126 valence electrons.